The van der Waals surface area contributed by atoms with Crippen molar-refractivity contribution in [3.63, 3.8) is 0 Å². The Morgan fingerprint density at radius 3 is 1.58 bits per heavy atom. The van der Waals surface area contributed by atoms with Gasteiger partial charge >= 0.3 is 5.97 Å². The number of hydrogen-bond donors (Lipinski definition) is 7. The summed E-state index contributed by atoms with van der Waals surface area (Å²) in [6.45, 7) is 8.33. The highest BCUT2D eigenvalue weighted by molar-refractivity contribution is 5.98. The number of aromatic nitrogens is 4. The molecule has 2 aliphatic heterocycles. The van der Waals surface area contributed by atoms with Crippen LogP contribution in [0.25, 0.3) is 22.1 Å². The number of nitrogens with zero attached hydrogens (tertiary/aromatic N) is 10. The first-order chi connectivity index (χ1) is 31.6. The summed E-state index contributed by atoms with van der Waals surface area (Å²) in [5, 5.41) is 15.5. The van der Waals surface area contributed by atoms with Crippen LogP contribution >= 0.6 is 0 Å². The quantitative estimate of drug-likeness (QED) is 0.0544. The molecule has 352 valence electrons. The molecule has 4 aromatic rings. The van der Waals surface area contributed by atoms with Crippen molar-refractivity contribution in [2.24, 2.45) is 54.7 Å². The van der Waals surface area contributed by atoms with Gasteiger partial charge in [0.15, 0.2) is 52.5 Å². The molecular weight excluding hydrogens is 855 g/mol. The molecule has 4 aromatic heterocycles. The van der Waals surface area contributed by atoms with Crippen LogP contribution < -0.4 is 54.2 Å². The Hall–Kier alpha value is -6.87. The molecule has 4 atom stereocenters. The van der Waals surface area contributed by atoms with Gasteiger partial charge in [-0.3, -0.25) is 30.2 Å². The fraction of sp³-hybridized carbons (Fsp3) is 0.523. The van der Waals surface area contributed by atoms with Crippen molar-refractivity contribution in [2.45, 2.75) is 96.3 Å². The number of hydrogen-bond acceptors (Lipinski definition) is 11. The van der Waals surface area contributed by atoms with Gasteiger partial charge in [0.1, 0.15) is 16.9 Å². The van der Waals surface area contributed by atoms with E-state index in [0.717, 1.165) is 57.4 Å². The molecule has 4 unspecified atom stereocenters. The Morgan fingerprint density at radius 2 is 1.14 bits per heavy atom. The number of aromatic carboxylic acids is 1. The van der Waals surface area contributed by atoms with E-state index in [0.29, 0.717) is 55.9 Å². The highest BCUT2D eigenvalue weighted by atomic mass is 19.1. The molecule has 4 fully saturated rings. The van der Waals surface area contributed by atoms with Crippen LogP contribution in [0.1, 0.15) is 93.2 Å². The summed E-state index contributed by atoms with van der Waals surface area (Å²) in [6, 6.07) is 2.11. The van der Waals surface area contributed by atoms with E-state index in [1.165, 1.54) is 12.3 Å². The molecule has 2 aliphatic carbocycles. The van der Waals surface area contributed by atoms with E-state index in [1.807, 2.05) is 29.5 Å². The third-order valence-corrected chi connectivity index (χ3v) is 12.7. The summed E-state index contributed by atoms with van der Waals surface area (Å²) in [5.41, 5.74) is 24.5. The maximum Gasteiger partial charge on any atom is 0.341 e. The fourth-order valence-electron chi connectivity index (χ4n) is 8.79. The molecule has 0 bridgehead atoms. The topological polar surface area (TPSA) is 291 Å². The normalized spacial score (nSPS) is 22.0. The van der Waals surface area contributed by atoms with E-state index < -0.39 is 28.6 Å². The number of halogens is 2. The number of carboxylic acid groups (broad SMARTS) is 1. The molecule has 0 spiro atoms. The summed E-state index contributed by atoms with van der Waals surface area (Å²) in [6.07, 6.45) is 10.1. The van der Waals surface area contributed by atoms with Crippen molar-refractivity contribution in [1.82, 2.24) is 29.7 Å². The number of anilines is 2. The Morgan fingerprint density at radius 1 is 0.697 bits per heavy atom. The molecule has 4 aliphatic rings. The maximum absolute atomic E-state index is 15.5. The maximum atomic E-state index is 15.5. The highest BCUT2D eigenvalue weighted by Crippen LogP contribution is 2.39. The SMILES string of the molecule is Cc1cn(C2CC2)c2nc(N3CC(C)C(N=C(N)NC(N)=NCCCCCCN=C(N)NC(N)=NC4CN(c5nc6c(cc5F)c(=O)c(C(=O)O)cn6C5CC5)CC4C)C3)c(F)cc2c1=O. The number of rotatable bonds is 14. The minimum Gasteiger partial charge on any atom is -0.477 e. The van der Waals surface area contributed by atoms with Gasteiger partial charge < -0.3 is 47.0 Å². The third kappa shape index (κ3) is 10.0. The summed E-state index contributed by atoms with van der Waals surface area (Å²) in [7, 11) is 0. The lowest BCUT2D eigenvalue weighted by atomic mass is 10.1. The first kappa shape index (κ1) is 45.7. The van der Waals surface area contributed by atoms with Crippen molar-refractivity contribution in [3.05, 3.63) is 67.7 Å². The molecule has 8 rings (SSSR count). The van der Waals surface area contributed by atoms with E-state index in [-0.39, 0.29) is 87.9 Å². The first-order valence-electron chi connectivity index (χ1n) is 22.6. The Labute approximate surface area is 379 Å². The molecule has 0 amide bonds. The molecule has 20 nitrogen and oxygen atoms in total. The molecule has 66 heavy (non-hydrogen) atoms. The second-order valence-electron chi connectivity index (χ2n) is 18.1. The number of aryl methyl sites for hydroxylation is 1. The van der Waals surface area contributed by atoms with E-state index in [9.17, 15) is 19.5 Å². The summed E-state index contributed by atoms with van der Waals surface area (Å²) in [4.78, 5) is 68.2. The van der Waals surface area contributed by atoms with Crippen LogP contribution in [0.4, 0.5) is 20.4 Å². The minimum atomic E-state index is -1.36. The van der Waals surface area contributed by atoms with Crippen LogP contribution in [-0.4, -0.2) is 105 Å². The van der Waals surface area contributed by atoms with Gasteiger partial charge in [0, 0.05) is 69.3 Å². The Kier molecular flexibility index (Phi) is 13.1. The van der Waals surface area contributed by atoms with Crippen LogP contribution in [0.3, 0.4) is 0 Å². The number of fused-ring (bicyclic) bond motifs is 2. The average molecular weight is 913 g/mol. The van der Waals surface area contributed by atoms with Crippen LogP contribution in [0, 0.1) is 30.4 Å². The predicted molar refractivity (Wildman–Crippen MR) is 251 cm³/mol. The average Bonchev–Trinajstić information content (AvgIpc) is 4.21. The first-order valence-corrected chi connectivity index (χ1v) is 22.6. The summed E-state index contributed by atoms with van der Waals surface area (Å²) < 4.78 is 34.6. The van der Waals surface area contributed by atoms with Crippen molar-refractivity contribution in [3.8, 4) is 0 Å². The third-order valence-electron chi connectivity index (χ3n) is 12.7. The van der Waals surface area contributed by atoms with Crippen molar-refractivity contribution in [1.29, 1.82) is 0 Å². The smallest absolute Gasteiger partial charge is 0.341 e. The van der Waals surface area contributed by atoms with Gasteiger partial charge in [-0.1, -0.05) is 26.7 Å². The molecule has 0 aromatic carbocycles. The number of nitrogens with one attached hydrogen (secondary N) is 2. The van der Waals surface area contributed by atoms with E-state index in [2.05, 4.69) is 40.6 Å². The monoisotopic (exact) mass is 912 g/mol. The van der Waals surface area contributed by atoms with Gasteiger partial charge in [-0.25, -0.2) is 33.5 Å². The van der Waals surface area contributed by atoms with Crippen molar-refractivity contribution >= 4 is 63.5 Å². The number of nitrogens with two attached hydrogens (primary N) is 4. The minimum absolute atomic E-state index is 0.00604. The van der Waals surface area contributed by atoms with Crippen LogP contribution in [0.15, 0.2) is 54.1 Å². The lowest BCUT2D eigenvalue weighted by Crippen LogP contribution is -2.43. The second kappa shape index (κ2) is 18.9. The largest absolute Gasteiger partial charge is 0.477 e. The van der Waals surface area contributed by atoms with Crippen molar-refractivity contribution in [2.75, 3.05) is 49.1 Å². The van der Waals surface area contributed by atoms with Gasteiger partial charge in [-0.15, -0.1) is 0 Å². The number of pyridine rings is 4. The summed E-state index contributed by atoms with van der Waals surface area (Å²) in [5.74, 6) is -1.88. The van der Waals surface area contributed by atoms with E-state index in [1.54, 1.807) is 16.4 Å². The van der Waals surface area contributed by atoms with Crippen LogP contribution in [0.5, 0.6) is 0 Å². The van der Waals surface area contributed by atoms with Gasteiger partial charge in [0.25, 0.3) is 0 Å². The van der Waals surface area contributed by atoms with Gasteiger partial charge in [0.2, 0.25) is 5.43 Å². The van der Waals surface area contributed by atoms with E-state index >= 15 is 8.78 Å². The molecule has 0 radical (unpaired) electrons. The Bertz CT molecular complexity index is 2780. The predicted octanol–water partition coefficient (Wildman–Crippen LogP) is 2.41. The number of carboxylic acids is 1. The molecule has 22 heteroatoms. The number of carbonyl (C=O) groups is 1. The van der Waals surface area contributed by atoms with Gasteiger partial charge in [0.05, 0.1) is 22.9 Å². The number of unbranched alkanes of at least 4 members (excludes halogenated alkanes) is 3. The fourth-order valence-corrected chi connectivity index (χ4v) is 8.79. The van der Waals surface area contributed by atoms with Gasteiger partial charge in [-0.2, -0.15) is 0 Å². The second-order valence-corrected chi connectivity index (χ2v) is 18.1. The lowest BCUT2D eigenvalue weighted by molar-refractivity contribution is 0.0694. The standard InChI is InChI=1S/C44H58F2N16O4/c1-22-16-59(38-30(45)14-27-34(63)24(3)18-61(25-8-9-25)36(27)55-38)20-32(22)53-43(49)57-41(47)51-12-6-4-5-7-13-52-42(48)58-44(50)54-33-21-60(17-23(33)2)39-31(46)15-28-35(64)29(40(65)66)19-62(26-10-11-26)37(28)56-39/h14-15,18-19,22-23,25-26,32-33H,4-13,16-17,20-21H2,1-3H3,(H,65,66)(H5,47,49,51,53,57)(H5,48,50,52,54,58). The zero-order valence-corrected chi connectivity index (χ0v) is 37.4. The molecule has 11 N–H and O–H groups in total. The van der Waals surface area contributed by atoms with Crippen molar-refractivity contribution < 1.29 is 18.7 Å². The molecular formula is C44H58F2N16O4. The zero-order valence-electron chi connectivity index (χ0n) is 37.4. The van der Waals surface area contributed by atoms with E-state index in [4.69, 9.17) is 22.9 Å². The summed E-state index contributed by atoms with van der Waals surface area (Å²) >= 11 is 0. The number of aliphatic imine (C=N–C) groups is 4. The zero-order chi connectivity index (χ0) is 47.0. The molecule has 2 saturated heterocycles. The van der Waals surface area contributed by atoms with Gasteiger partial charge in [-0.05, 0) is 69.4 Å². The lowest BCUT2D eigenvalue weighted by Gasteiger charge is -2.19. The highest BCUT2D eigenvalue weighted by Gasteiger charge is 2.35. The van der Waals surface area contributed by atoms with Crippen LogP contribution in [0.2, 0.25) is 0 Å². The number of guanidine groups is 4. The molecule has 6 heterocycles. The Balaban J connectivity index is 0.757. The van der Waals surface area contributed by atoms with Crippen LogP contribution in [-0.2, 0) is 0 Å². The molecule has 2 saturated carbocycles.